The molecule has 0 aromatic heterocycles. The molecule has 0 amide bonds. The van der Waals surface area contributed by atoms with E-state index < -0.39 is 0 Å². The Morgan fingerprint density at radius 1 is 0.298 bits per heavy atom. The average molecular weight is 617 g/mol. The molecule has 0 aliphatic carbocycles. The molecule has 0 fully saturated rings. The number of rotatable bonds is 4. The van der Waals surface area contributed by atoms with Crippen molar-refractivity contribution in [2.45, 2.75) is 0 Å². The summed E-state index contributed by atoms with van der Waals surface area (Å²) in [7, 11) is 0. The van der Waals surface area contributed by atoms with E-state index in [1.165, 1.54) is 71.1 Å². The number of hydrogen-bond acceptors (Lipinski definition) is 0. The second-order valence-electron chi connectivity index (χ2n) is 12.2. The van der Waals surface area contributed by atoms with Crippen LogP contribution in [0, 0.1) is 0 Å². The monoisotopic (exact) mass is 616 g/mol. The molecule has 9 aromatic carbocycles. The second kappa shape index (κ2) is 11.3. The summed E-state index contributed by atoms with van der Waals surface area (Å²) in [6.45, 7) is 0. The van der Waals surface area contributed by atoms with Gasteiger partial charge in [-0.1, -0.05) is 157 Å². The lowest BCUT2D eigenvalue weighted by Gasteiger charge is -2.22. The van der Waals surface area contributed by atoms with Crippen LogP contribution >= 0.6 is 11.6 Å². The fourth-order valence-electron chi connectivity index (χ4n) is 7.28. The number of hydrogen-bond donors (Lipinski definition) is 0. The Balaban J connectivity index is 1.50. The lowest BCUT2D eigenvalue weighted by atomic mass is 9.81. The molecule has 9 aromatic rings. The highest BCUT2D eigenvalue weighted by Gasteiger charge is 2.22. The predicted molar refractivity (Wildman–Crippen MR) is 203 cm³/mol. The van der Waals surface area contributed by atoms with Gasteiger partial charge in [0.15, 0.2) is 0 Å². The number of benzene rings is 9. The van der Waals surface area contributed by atoms with E-state index in [9.17, 15) is 0 Å². The first-order valence-corrected chi connectivity index (χ1v) is 16.4. The van der Waals surface area contributed by atoms with Gasteiger partial charge in [0.2, 0.25) is 0 Å². The van der Waals surface area contributed by atoms with Crippen molar-refractivity contribution in [2.24, 2.45) is 0 Å². The van der Waals surface area contributed by atoms with Gasteiger partial charge in [-0.05, 0) is 118 Å². The molecule has 220 valence electrons. The molecule has 47 heavy (non-hydrogen) atoms. The topological polar surface area (TPSA) is 0 Å². The Hall–Kier alpha value is -5.69. The zero-order valence-corrected chi connectivity index (χ0v) is 26.4. The van der Waals surface area contributed by atoms with Gasteiger partial charge < -0.3 is 0 Å². The molecule has 0 radical (unpaired) electrons. The Kier molecular flexibility index (Phi) is 6.63. The summed E-state index contributed by atoms with van der Waals surface area (Å²) in [5.41, 5.74) is 9.45. The highest BCUT2D eigenvalue weighted by atomic mass is 35.5. The number of fused-ring (bicyclic) bond motifs is 4. The Morgan fingerprint density at radius 2 is 0.830 bits per heavy atom. The molecule has 0 N–H and O–H groups in total. The van der Waals surface area contributed by atoms with E-state index in [4.69, 9.17) is 11.6 Å². The highest BCUT2D eigenvalue weighted by molar-refractivity contribution is 6.34. The zero-order chi connectivity index (χ0) is 31.3. The molecule has 0 aliphatic heterocycles. The standard InChI is InChI=1S/C46H29Cl/c47-39-28-41(33-15-5-2-6-16-33)46-43(29-39)44(37-21-19-31-13-7-9-17-34(31)25-37)40-24-23-36(30-11-3-1-4-12-30)27-42(40)45(46)38-22-20-32-14-8-10-18-35(32)26-38/h1-29H. The third-order valence-corrected chi connectivity index (χ3v) is 9.67. The minimum atomic E-state index is 0.725. The molecule has 0 nitrogen and oxygen atoms in total. The van der Waals surface area contributed by atoms with Gasteiger partial charge >= 0.3 is 0 Å². The highest BCUT2D eigenvalue weighted by Crippen LogP contribution is 2.49. The summed E-state index contributed by atoms with van der Waals surface area (Å²) in [4.78, 5) is 0. The largest absolute Gasteiger partial charge is 0.0843 e. The minimum absolute atomic E-state index is 0.725. The molecular formula is C46H29Cl. The summed E-state index contributed by atoms with van der Waals surface area (Å²) >= 11 is 7.06. The molecule has 0 spiro atoms. The molecule has 0 unspecified atom stereocenters. The third-order valence-electron chi connectivity index (χ3n) is 9.45. The molecular weight excluding hydrogens is 588 g/mol. The van der Waals surface area contributed by atoms with Crippen molar-refractivity contribution in [1.29, 1.82) is 0 Å². The Labute approximate surface area is 279 Å². The normalized spacial score (nSPS) is 11.5. The second-order valence-corrected chi connectivity index (χ2v) is 12.7. The molecule has 0 aliphatic rings. The van der Waals surface area contributed by atoms with Crippen molar-refractivity contribution in [3.8, 4) is 44.5 Å². The van der Waals surface area contributed by atoms with Crippen LogP contribution in [0.5, 0.6) is 0 Å². The van der Waals surface area contributed by atoms with Crippen LogP contribution in [0.1, 0.15) is 0 Å². The SMILES string of the molecule is Clc1cc(-c2ccccc2)c2c(-c3ccc4ccccc4c3)c3cc(-c4ccccc4)ccc3c(-c3ccc4ccccc4c3)c2c1. The zero-order valence-electron chi connectivity index (χ0n) is 25.6. The molecule has 0 atom stereocenters. The summed E-state index contributed by atoms with van der Waals surface area (Å²) in [5, 5.41) is 10.4. The first-order chi connectivity index (χ1) is 23.2. The molecule has 0 bridgehead atoms. The van der Waals surface area contributed by atoms with Crippen LogP contribution in [0.3, 0.4) is 0 Å². The van der Waals surface area contributed by atoms with E-state index in [-0.39, 0.29) is 0 Å². The van der Waals surface area contributed by atoms with Crippen LogP contribution in [-0.4, -0.2) is 0 Å². The predicted octanol–water partition coefficient (Wildman–Crippen LogP) is 13.6. The smallest absolute Gasteiger partial charge is 0.0418 e. The van der Waals surface area contributed by atoms with Crippen LogP contribution in [0.15, 0.2) is 176 Å². The van der Waals surface area contributed by atoms with E-state index in [0.29, 0.717) is 0 Å². The van der Waals surface area contributed by atoms with E-state index in [0.717, 1.165) is 21.5 Å². The summed E-state index contributed by atoms with van der Waals surface area (Å²) in [5.74, 6) is 0. The fourth-order valence-corrected chi connectivity index (χ4v) is 7.50. The van der Waals surface area contributed by atoms with Crippen molar-refractivity contribution in [2.75, 3.05) is 0 Å². The number of halogens is 1. The van der Waals surface area contributed by atoms with Gasteiger partial charge in [-0.2, -0.15) is 0 Å². The summed E-state index contributed by atoms with van der Waals surface area (Å²) in [6, 6.07) is 63.5. The quantitative estimate of drug-likeness (QED) is 0.173. The minimum Gasteiger partial charge on any atom is -0.0843 e. The van der Waals surface area contributed by atoms with E-state index in [2.05, 4.69) is 176 Å². The average Bonchev–Trinajstić information content (AvgIpc) is 3.13. The Bertz CT molecular complexity index is 2620. The van der Waals surface area contributed by atoms with Gasteiger partial charge in [-0.25, -0.2) is 0 Å². The van der Waals surface area contributed by atoms with Gasteiger partial charge in [0, 0.05) is 5.02 Å². The van der Waals surface area contributed by atoms with Crippen LogP contribution in [0.4, 0.5) is 0 Å². The summed E-state index contributed by atoms with van der Waals surface area (Å²) in [6.07, 6.45) is 0. The van der Waals surface area contributed by atoms with Crippen molar-refractivity contribution >= 4 is 54.7 Å². The first kappa shape index (κ1) is 27.6. The molecule has 9 rings (SSSR count). The lowest BCUT2D eigenvalue weighted by molar-refractivity contribution is 1.63. The molecule has 1 heteroatoms. The van der Waals surface area contributed by atoms with Gasteiger partial charge in [-0.15, -0.1) is 0 Å². The van der Waals surface area contributed by atoms with E-state index in [1.807, 2.05) is 0 Å². The molecule has 0 saturated carbocycles. The van der Waals surface area contributed by atoms with Crippen molar-refractivity contribution in [3.05, 3.63) is 181 Å². The van der Waals surface area contributed by atoms with Crippen LogP contribution in [0.2, 0.25) is 5.02 Å². The van der Waals surface area contributed by atoms with Crippen LogP contribution < -0.4 is 0 Å². The van der Waals surface area contributed by atoms with Crippen molar-refractivity contribution in [1.82, 2.24) is 0 Å². The van der Waals surface area contributed by atoms with Gasteiger partial charge in [0.25, 0.3) is 0 Å². The van der Waals surface area contributed by atoms with Gasteiger partial charge in [-0.3, -0.25) is 0 Å². The third kappa shape index (κ3) is 4.77. The van der Waals surface area contributed by atoms with Crippen LogP contribution in [-0.2, 0) is 0 Å². The van der Waals surface area contributed by atoms with E-state index >= 15 is 0 Å². The molecule has 0 heterocycles. The Morgan fingerprint density at radius 3 is 1.47 bits per heavy atom. The maximum Gasteiger partial charge on any atom is 0.0418 e. The fraction of sp³-hybridized carbons (Fsp3) is 0. The van der Waals surface area contributed by atoms with Gasteiger partial charge in [0.05, 0.1) is 0 Å². The van der Waals surface area contributed by atoms with Crippen LogP contribution in [0.25, 0.3) is 87.6 Å². The first-order valence-electron chi connectivity index (χ1n) is 16.0. The maximum atomic E-state index is 7.06. The lowest BCUT2D eigenvalue weighted by Crippen LogP contribution is -1.94. The van der Waals surface area contributed by atoms with E-state index in [1.54, 1.807) is 0 Å². The van der Waals surface area contributed by atoms with Gasteiger partial charge in [0.1, 0.15) is 0 Å². The van der Waals surface area contributed by atoms with Crippen molar-refractivity contribution < 1.29 is 0 Å². The van der Waals surface area contributed by atoms with Crippen molar-refractivity contribution in [3.63, 3.8) is 0 Å². The maximum absolute atomic E-state index is 7.06. The summed E-state index contributed by atoms with van der Waals surface area (Å²) < 4.78 is 0. The molecule has 0 saturated heterocycles.